The van der Waals surface area contributed by atoms with E-state index in [1.54, 1.807) is 0 Å². The lowest BCUT2D eigenvalue weighted by atomic mass is 9.97. The van der Waals surface area contributed by atoms with Crippen LogP contribution in [0.1, 0.15) is 57.8 Å². The van der Waals surface area contributed by atoms with E-state index in [-0.39, 0.29) is 31.0 Å². The second-order valence-corrected chi connectivity index (χ2v) is 6.35. The third-order valence-corrected chi connectivity index (χ3v) is 4.66. The monoisotopic (exact) mass is 297 g/mol. The van der Waals surface area contributed by atoms with E-state index < -0.39 is 5.97 Å². The molecular formula is C16H27NO4. The van der Waals surface area contributed by atoms with Gasteiger partial charge in [-0.05, 0) is 38.0 Å². The standard InChI is InChI=1S/C16H27NO4/c18-15(12-21-14-6-2-1-3-7-14)17-9-4-5-13(8-10-17)11-16(19)20/h13-14H,1-12H2,(H,19,20)/t13-/m1/s1. The van der Waals surface area contributed by atoms with Gasteiger partial charge in [0, 0.05) is 19.5 Å². The molecule has 0 bridgehead atoms. The van der Waals surface area contributed by atoms with Gasteiger partial charge >= 0.3 is 5.97 Å². The highest BCUT2D eigenvalue weighted by molar-refractivity contribution is 5.77. The molecule has 5 heteroatoms. The number of nitrogens with zero attached hydrogens (tertiary/aromatic N) is 1. The quantitative estimate of drug-likeness (QED) is 0.846. The Morgan fingerprint density at radius 3 is 2.48 bits per heavy atom. The third kappa shape index (κ3) is 5.65. The first-order valence-corrected chi connectivity index (χ1v) is 8.26. The van der Waals surface area contributed by atoms with Gasteiger partial charge in [0.1, 0.15) is 6.61 Å². The fraction of sp³-hybridized carbons (Fsp3) is 0.875. The van der Waals surface area contributed by atoms with Crippen LogP contribution in [0.5, 0.6) is 0 Å². The van der Waals surface area contributed by atoms with Gasteiger partial charge in [-0.1, -0.05) is 19.3 Å². The molecule has 1 saturated carbocycles. The van der Waals surface area contributed by atoms with Gasteiger partial charge in [0.2, 0.25) is 5.91 Å². The van der Waals surface area contributed by atoms with Crippen LogP contribution in [-0.2, 0) is 14.3 Å². The molecule has 0 unspecified atom stereocenters. The molecule has 1 atom stereocenters. The lowest BCUT2D eigenvalue weighted by Gasteiger charge is -2.25. The van der Waals surface area contributed by atoms with Gasteiger partial charge in [0.15, 0.2) is 0 Å². The van der Waals surface area contributed by atoms with Crippen LogP contribution in [0.15, 0.2) is 0 Å². The molecule has 0 spiro atoms. The highest BCUT2D eigenvalue weighted by Gasteiger charge is 2.23. The average Bonchev–Trinajstić information content (AvgIpc) is 2.71. The zero-order valence-corrected chi connectivity index (χ0v) is 12.8. The second kappa shape index (κ2) is 8.37. The largest absolute Gasteiger partial charge is 0.481 e. The molecule has 0 aromatic carbocycles. The number of likely N-dealkylation sites (tertiary alicyclic amines) is 1. The highest BCUT2D eigenvalue weighted by atomic mass is 16.5. The van der Waals surface area contributed by atoms with Crippen molar-refractivity contribution in [1.29, 1.82) is 0 Å². The molecule has 0 aromatic rings. The summed E-state index contributed by atoms with van der Waals surface area (Å²) in [4.78, 5) is 24.8. The van der Waals surface area contributed by atoms with Crippen LogP contribution in [0.25, 0.3) is 0 Å². The SMILES string of the molecule is O=C(O)C[C@@H]1CCCN(C(=O)COC2CCCCC2)CC1. The number of rotatable bonds is 5. The van der Waals surface area contributed by atoms with Crippen LogP contribution in [0, 0.1) is 5.92 Å². The Labute approximate surface area is 126 Å². The zero-order valence-electron chi connectivity index (χ0n) is 12.8. The molecule has 2 rings (SSSR count). The molecule has 1 amide bonds. The Balaban J connectivity index is 1.70. The number of aliphatic carboxylic acids is 1. The van der Waals surface area contributed by atoms with Crippen molar-refractivity contribution in [1.82, 2.24) is 4.90 Å². The average molecular weight is 297 g/mol. The van der Waals surface area contributed by atoms with Crippen molar-refractivity contribution in [2.45, 2.75) is 63.9 Å². The maximum atomic E-state index is 12.2. The first-order valence-electron chi connectivity index (χ1n) is 8.26. The molecule has 5 nitrogen and oxygen atoms in total. The molecule has 1 heterocycles. The minimum Gasteiger partial charge on any atom is -0.481 e. The number of carbonyl (C=O) groups excluding carboxylic acids is 1. The molecule has 0 radical (unpaired) electrons. The summed E-state index contributed by atoms with van der Waals surface area (Å²) in [6.07, 6.45) is 8.93. The Hall–Kier alpha value is -1.10. The van der Waals surface area contributed by atoms with E-state index in [4.69, 9.17) is 9.84 Å². The van der Waals surface area contributed by atoms with E-state index in [0.717, 1.165) is 38.6 Å². The van der Waals surface area contributed by atoms with Crippen molar-refractivity contribution >= 4 is 11.9 Å². The number of ether oxygens (including phenoxy) is 1. The van der Waals surface area contributed by atoms with Gasteiger partial charge in [-0.15, -0.1) is 0 Å². The first-order chi connectivity index (χ1) is 10.1. The summed E-state index contributed by atoms with van der Waals surface area (Å²) in [7, 11) is 0. The number of amides is 1. The van der Waals surface area contributed by atoms with E-state index in [1.165, 1.54) is 19.3 Å². The van der Waals surface area contributed by atoms with Crippen molar-refractivity contribution in [2.75, 3.05) is 19.7 Å². The predicted molar refractivity (Wildman–Crippen MR) is 79.0 cm³/mol. The molecular weight excluding hydrogens is 270 g/mol. The molecule has 1 N–H and O–H groups in total. The molecule has 2 fully saturated rings. The molecule has 1 aliphatic carbocycles. The summed E-state index contributed by atoms with van der Waals surface area (Å²) < 4.78 is 5.74. The van der Waals surface area contributed by atoms with Crippen LogP contribution in [0.2, 0.25) is 0 Å². The van der Waals surface area contributed by atoms with E-state index in [0.29, 0.717) is 6.54 Å². The van der Waals surface area contributed by atoms with Crippen molar-refractivity contribution in [2.24, 2.45) is 5.92 Å². The normalized spacial score (nSPS) is 24.6. The summed E-state index contributed by atoms with van der Waals surface area (Å²) in [5, 5.41) is 8.86. The highest BCUT2D eigenvalue weighted by Crippen LogP contribution is 2.22. The Kier molecular flexibility index (Phi) is 6.49. The summed E-state index contributed by atoms with van der Waals surface area (Å²) >= 11 is 0. The van der Waals surface area contributed by atoms with Crippen LogP contribution < -0.4 is 0 Å². The van der Waals surface area contributed by atoms with Gasteiger partial charge in [-0.3, -0.25) is 9.59 Å². The predicted octanol–water partition coefficient (Wildman–Crippen LogP) is 2.44. The first kappa shape index (κ1) is 16.3. The molecule has 1 saturated heterocycles. The maximum Gasteiger partial charge on any atom is 0.303 e. The number of hydrogen-bond acceptors (Lipinski definition) is 3. The van der Waals surface area contributed by atoms with Crippen molar-refractivity contribution in [3.63, 3.8) is 0 Å². The van der Waals surface area contributed by atoms with Crippen LogP contribution in [0.3, 0.4) is 0 Å². The van der Waals surface area contributed by atoms with Gasteiger partial charge < -0.3 is 14.7 Å². The van der Waals surface area contributed by atoms with Crippen LogP contribution in [0.4, 0.5) is 0 Å². The third-order valence-electron chi connectivity index (χ3n) is 4.66. The fourth-order valence-electron chi connectivity index (χ4n) is 3.38. The van der Waals surface area contributed by atoms with Crippen molar-refractivity contribution < 1.29 is 19.4 Å². The van der Waals surface area contributed by atoms with Gasteiger partial charge in [0.25, 0.3) is 0 Å². The van der Waals surface area contributed by atoms with E-state index in [9.17, 15) is 9.59 Å². The number of carboxylic acids is 1. The fourth-order valence-corrected chi connectivity index (χ4v) is 3.38. The summed E-state index contributed by atoms with van der Waals surface area (Å²) in [6, 6.07) is 0. The molecule has 0 aromatic heterocycles. The van der Waals surface area contributed by atoms with Crippen molar-refractivity contribution in [3.05, 3.63) is 0 Å². The second-order valence-electron chi connectivity index (χ2n) is 6.35. The molecule has 1 aliphatic heterocycles. The number of hydrogen-bond donors (Lipinski definition) is 1. The lowest BCUT2D eigenvalue weighted by molar-refractivity contribution is -0.138. The minimum atomic E-state index is -0.736. The number of carbonyl (C=O) groups is 2. The summed E-state index contributed by atoms with van der Waals surface area (Å²) in [5.41, 5.74) is 0. The van der Waals surface area contributed by atoms with E-state index in [1.807, 2.05) is 4.90 Å². The smallest absolute Gasteiger partial charge is 0.303 e. The maximum absolute atomic E-state index is 12.2. The van der Waals surface area contributed by atoms with Crippen molar-refractivity contribution in [3.8, 4) is 0 Å². The van der Waals surface area contributed by atoms with Gasteiger partial charge in [-0.2, -0.15) is 0 Å². The topological polar surface area (TPSA) is 66.8 Å². The lowest BCUT2D eigenvalue weighted by Crippen LogP contribution is -2.36. The molecule has 21 heavy (non-hydrogen) atoms. The zero-order chi connectivity index (χ0) is 15.1. The van der Waals surface area contributed by atoms with E-state index in [2.05, 4.69) is 0 Å². The summed E-state index contributed by atoms with van der Waals surface area (Å²) in [6.45, 7) is 1.60. The minimum absolute atomic E-state index is 0.0662. The van der Waals surface area contributed by atoms with Crippen LogP contribution in [-0.4, -0.2) is 47.7 Å². The van der Waals surface area contributed by atoms with Gasteiger partial charge in [-0.25, -0.2) is 0 Å². The van der Waals surface area contributed by atoms with E-state index >= 15 is 0 Å². The molecule has 120 valence electrons. The molecule has 2 aliphatic rings. The Morgan fingerprint density at radius 1 is 1.00 bits per heavy atom. The van der Waals surface area contributed by atoms with Gasteiger partial charge in [0.05, 0.1) is 6.10 Å². The number of carboxylic acid groups (broad SMARTS) is 1. The van der Waals surface area contributed by atoms with Crippen LogP contribution >= 0.6 is 0 Å². The Morgan fingerprint density at radius 2 is 1.76 bits per heavy atom. The Bertz CT molecular complexity index is 352. The summed E-state index contributed by atoms with van der Waals surface area (Å²) in [5.74, 6) is -0.462.